The van der Waals surface area contributed by atoms with Gasteiger partial charge in [-0.1, -0.05) is 69.7 Å². The molecular formula is C22H33N5S. The normalized spacial score (nSPS) is 11.6. The van der Waals surface area contributed by atoms with E-state index in [9.17, 15) is 0 Å². The molecule has 0 amide bonds. The zero-order valence-electron chi connectivity index (χ0n) is 17.4. The van der Waals surface area contributed by atoms with Gasteiger partial charge >= 0.3 is 0 Å². The van der Waals surface area contributed by atoms with Crippen LogP contribution in [-0.4, -0.2) is 16.7 Å². The maximum absolute atomic E-state index is 5.35. The molecule has 0 fully saturated rings. The first-order valence-electron chi connectivity index (χ1n) is 10.2. The summed E-state index contributed by atoms with van der Waals surface area (Å²) in [6, 6.07) is 8.79. The lowest BCUT2D eigenvalue weighted by atomic mass is 10.0. The fourth-order valence-corrected chi connectivity index (χ4v) is 4.15. The van der Waals surface area contributed by atoms with Crippen LogP contribution in [0.3, 0.4) is 0 Å². The van der Waals surface area contributed by atoms with Gasteiger partial charge in [-0.15, -0.1) is 16.4 Å². The first kappa shape index (κ1) is 22.1. The minimum atomic E-state index is -0.0432. The van der Waals surface area contributed by atoms with Crippen LogP contribution in [0.2, 0.25) is 0 Å². The number of aryl methyl sites for hydroxylation is 2. The third-order valence-electron chi connectivity index (χ3n) is 4.71. The standard InChI is InChI=1S/C22H33N5S/c1-4-5-6-7-8-9-10-11-18-12-14-19(15-13-18)21-25-16(2)20(28-21)17(3)26-27-22(23)24/h12-15H,4-11H2,1-3H3,(H4,23,24,27)/b26-17-. The minimum Gasteiger partial charge on any atom is -0.369 e. The molecule has 152 valence electrons. The van der Waals surface area contributed by atoms with Crippen LogP contribution >= 0.6 is 11.3 Å². The second-order valence-corrected chi connectivity index (χ2v) is 8.21. The molecule has 2 rings (SSSR count). The molecule has 4 N–H and O–H groups in total. The molecule has 0 radical (unpaired) electrons. The summed E-state index contributed by atoms with van der Waals surface area (Å²) < 4.78 is 0. The molecule has 0 saturated heterocycles. The number of hydrogen-bond acceptors (Lipinski definition) is 4. The Kier molecular flexibility index (Phi) is 9.14. The molecule has 1 aromatic heterocycles. The average molecular weight is 400 g/mol. The molecule has 0 atom stereocenters. The van der Waals surface area contributed by atoms with Crippen molar-refractivity contribution in [1.82, 2.24) is 4.98 Å². The summed E-state index contributed by atoms with van der Waals surface area (Å²) >= 11 is 1.62. The molecule has 1 aromatic carbocycles. The minimum absolute atomic E-state index is 0.0432. The summed E-state index contributed by atoms with van der Waals surface area (Å²) in [5.74, 6) is -0.0432. The highest BCUT2D eigenvalue weighted by Crippen LogP contribution is 2.29. The smallest absolute Gasteiger partial charge is 0.211 e. The molecule has 0 aliphatic heterocycles. The Hall–Kier alpha value is -2.21. The van der Waals surface area contributed by atoms with Crippen LogP contribution in [0.5, 0.6) is 0 Å². The molecule has 5 nitrogen and oxygen atoms in total. The van der Waals surface area contributed by atoms with E-state index in [1.807, 2.05) is 13.8 Å². The van der Waals surface area contributed by atoms with Crippen molar-refractivity contribution in [2.24, 2.45) is 21.7 Å². The van der Waals surface area contributed by atoms with Gasteiger partial charge in [0.1, 0.15) is 5.01 Å². The summed E-state index contributed by atoms with van der Waals surface area (Å²) in [5, 5.41) is 8.79. The SMILES string of the molecule is CCCCCCCCCc1ccc(-c2nc(C)c(/C(C)=N\N=C(N)N)s2)cc1. The summed E-state index contributed by atoms with van der Waals surface area (Å²) in [4.78, 5) is 5.70. The third kappa shape index (κ3) is 7.08. The molecule has 0 saturated carbocycles. The first-order chi connectivity index (χ1) is 13.5. The second-order valence-electron chi connectivity index (χ2n) is 7.21. The number of nitrogens with two attached hydrogens (primary N) is 2. The Labute approximate surface area is 173 Å². The van der Waals surface area contributed by atoms with Gasteiger partial charge in [0.25, 0.3) is 0 Å². The summed E-state index contributed by atoms with van der Waals surface area (Å²) in [5.41, 5.74) is 14.9. The van der Waals surface area contributed by atoms with Gasteiger partial charge in [-0.3, -0.25) is 0 Å². The van der Waals surface area contributed by atoms with Crippen LogP contribution in [0.4, 0.5) is 0 Å². The number of aromatic nitrogens is 1. The fraction of sp³-hybridized carbons (Fsp3) is 0.500. The first-order valence-corrected chi connectivity index (χ1v) is 11.0. The highest BCUT2D eigenvalue weighted by Gasteiger charge is 2.12. The lowest BCUT2D eigenvalue weighted by molar-refractivity contribution is 0.589. The van der Waals surface area contributed by atoms with Crippen LogP contribution in [-0.2, 0) is 6.42 Å². The molecular weight excluding hydrogens is 366 g/mol. The number of rotatable bonds is 11. The van der Waals surface area contributed by atoms with E-state index < -0.39 is 0 Å². The van der Waals surface area contributed by atoms with Crippen LogP contribution in [0, 0.1) is 6.92 Å². The van der Waals surface area contributed by atoms with Crippen molar-refractivity contribution >= 4 is 23.0 Å². The quantitative estimate of drug-likeness (QED) is 0.229. The van der Waals surface area contributed by atoms with Gasteiger partial charge in [0.15, 0.2) is 0 Å². The van der Waals surface area contributed by atoms with E-state index in [2.05, 4.69) is 41.4 Å². The number of guanidine groups is 1. The average Bonchev–Trinajstić information content (AvgIpc) is 3.07. The number of unbranched alkanes of at least 4 members (excludes halogenated alkanes) is 6. The highest BCUT2D eigenvalue weighted by molar-refractivity contribution is 7.17. The van der Waals surface area contributed by atoms with Crippen molar-refractivity contribution in [3.8, 4) is 10.6 Å². The van der Waals surface area contributed by atoms with Crippen LogP contribution in [0.15, 0.2) is 34.5 Å². The van der Waals surface area contributed by atoms with Crippen molar-refractivity contribution in [2.75, 3.05) is 0 Å². The molecule has 0 aliphatic carbocycles. The van der Waals surface area contributed by atoms with Gasteiger partial charge in [-0.2, -0.15) is 5.10 Å². The Morgan fingerprint density at radius 1 is 0.964 bits per heavy atom. The summed E-state index contributed by atoms with van der Waals surface area (Å²) in [7, 11) is 0. The Balaban J connectivity index is 1.92. The van der Waals surface area contributed by atoms with Gasteiger partial charge in [0.2, 0.25) is 5.96 Å². The van der Waals surface area contributed by atoms with Gasteiger partial charge < -0.3 is 11.5 Å². The Morgan fingerprint density at radius 3 is 2.25 bits per heavy atom. The van der Waals surface area contributed by atoms with Gasteiger partial charge in [0.05, 0.1) is 16.3 Å². The van der Waals surface area contributed by atoms with Crippen LogP contribution in [0.25, 0.3) is 10.6 Å². The molecule has 2 aromatic rings. The van der Waals surface area contributed by atoms with Gasteiger partial charge in [0, 0.05) is 5.56 Å². The predicted octanol–water partition coefficient (Wildman–Crippen LogP) is 5.41. The number of benzene rings is 1. The maximum Gasteiger partial charge on any atom is 0.211 e. The maximum atomic E-state index is 5.35. The third-order valence-corrected chi connectivity index (χ3v) is 6.03. The highest BCUT2D eigenvalue weighted by atomic mass is 32.1. The van der Waals surface area contributed by atoms with Crippen molar-refractivity contribution < 1.29 is 0 Å². The molecule has 1 heterocycles. The summed E-state index contributed by atoms with van der Waals surface area (Å²) in [6.45, 7) is 6.14. The van der Waals surface area contributed by atoms with E-state index in [-0.39, 0.29) is 5.96 Å². The van der Waals surface area contributed by atoms with Crippen molar-refractivity contribution in [2.45, 2.75) is 72.1 Å². The monoisotopic (exact) mass is 399 g/mol. The molecule has 0 spiro atoms. The number of thiazole rings is 1. The molecule has 0 unspecified atom stereocenters. The van der Waals surface area contributed by atoms with E-state index >= 15 is 0 Å². The fourth-order valence-electron chi connectivity index (χ4n) is 3.13. The van der Waals surface area contributed by atoms with E-state index in [1.54, 1.807) is 11.3 Å². The van der Waals surface area contributed by atoms with E-state index in [1.165, 1.54) is 50.5 Å². The second kappa shape index (κ2) is 11.6. The zero-order valence-corrected chi connectivity index (χ0v) is 18.2. The molecule has 0 bridgehead atoms. The molecule has 6 heteroatoms. The predicted molar refractivity (Wildman–Crippen MR) is 122 cm³/mol. The van der Waals surface area contributed by atoms with E-state index in [0.717, 1.165) is 33.3 Å². The van der Waals surface area contributed by atoms with E-state index in [0.29, 0.717) is 0 Å². The Bertz CT molecular complexity index is 786. The van der Waals surface area contributed by atoms with Gasteiger partial charge in [-0.05, 0) is 32.3 Å². The number of hydrogen-bond donors (Lipinski definition) is 2. The lowest BCUT2D eigenvalue weighted by Gasteiger charge is -2.03. The van der Waals surface area contributed by atoms with Crippen molar-refractivity contribution in [1.29, 1.82) is 0 Å². The lowest BCUT2D eigenvalue weighted by Crippen LogP contribution is -2.22. The van der Waals surface area contributed by atoms with E-state index in [4.69, 9.17) is 16.5 Å². The van der Waals surface area contributed by atoms with Gasteiger partial charge in [-0.25, -0.2) is 4.98 Å². The zero-order chi connectivity index (χ0) is 20.4. The van der Waals surface area contributed by atoms with Crippen molar-refractivity contribution in [3.05, 3.63) is 40.4 Å². The van der Waals surface area contributed by atoms with Crippen molar-refractivity contribution in [3.63, 3.8) is 0 Å². The summed E-state index contributed by atoms with van der Waals surface area (Å²) in [6.07, 6.45) is 10.6. The largest absolute Gasteiger partial charge is 0.369 e. The van der Waals surface area contributed by atoms with Crippen LogP contribution < -0.4 is 11.5 Å². The Morgan fingerprint density at radius 2 is 1.61 bits per heavy atom. The number of nitrogens with zero attached hydrogens (tertiary/aromatic N) is 3. The molecule has 28 heavy (non-hydrogen) atoms. The molecule has 0 aliphatic rings. The topological polar surface area (TPSA) is 89.6 Å². The van der Waals surface area contributed by atoms with Crippen LogP contribution in [0.1, 0.15) is 74.9 Å².